The molecule has 0 aliphatic carbocycles. The molecule has 11 heteroatoms. The van der Waals surface area contributed by atoms with E-state index in [0.717, 1.165) is 5.56 Å². The van der Waals surface area contributed by atoms with Crippen molar-refractivity contribution in [3.63, 3.8) is 0 Å². The van der Waals surface area contributed by atoms with Crippen molar-refractivity contribution in [2.24, 2.45) is 5.73 Å². The van der Waals surface area contributed by atoms with Crippen LogP contribution in [0.25, 0.3) is 0 Å². The Labute approximate surface area is 162 Å². The summed E-state index contributed by atoms with van der Waals surface area (Å²) in [5, 5.41) is 8.54. The lowest BCUT2D eigenvalue weighted by atomic mass is 10.1. The lowest BCUT2D eigenvalue weighted by Gasteiger charge is -2.12. The Morgan fingerprint density at radius 1 is 1.21 bits per heavy atom. The number of aliphatic carboxylic acids is 1. The van der Waals surface area contributed by atoms with Crippen molar-refractivity contribution < 1.29 is 42.7 Å². The van der Waals surface area contributed by atoms with Crippen molar-refractivity contribution in [2.75, 3.05) is 26.9 Å². The van der Waals surface area contributed by atoms with E-state index in [2.05, 4.69) is 20.9 Å². The van der Waals surface area contributed by atoms with Crippen LogP contribution in [0.4, 0.5) is 0 Å². The summed E-state index contributed by atoms with van der Waals surface area (Å²) in [5.74, 6) is 3.66. The summed E-state index contributed by atoms with van der Waals surface area (Å²) in [6.07, 6.45) is 0.588. The minimum Gasteiger partial charge on any atom is -0.496 e. The van der Waals surface area contributed by atoms with E-state index in [1.54, 1.807) is 13.2 Å². The SMILES string of the molecule is COc1ccccc1CCC(=O)OCC#CCOP(=O)(O)OC[C@H](N)C(=O)O. The summed E-state index contributed by atoms with van der Waals surface area (Å²) in [6.45, 7) is -1.39. The predicted octanol–water partition coefficient (Wildman–Crippen LogP) is 0.720. The monoisotopic (exact) mass is 415 g/mol. The van der Waals surface area contributed by atoms with E-state index in [0.29, 0.717) is 12.2 Å². The highest BCUT2D eigenvalue weighted by Crippen LogP contribution is 2.42. The van der Waals surface area contributed by atoms with Crippen LogP contribution in [-0.4, -0.2) is 54.9 Å². The first-order valence-corrected chi connectivity index (χ1v) is 9.58. The number of benzene rings is 1. The molecule has 0 saturated carbocycles. The van der Waals surface area contributed by atoms with E-state index in [-0.39, 0.29) is 13.0 Å². The molecule has 0 saturated heterocycles. The lowest BCUT2D eigenvalue weighted by Crippen LogP contribution is -2.34. The summed E-state index contributed by atoms with van der Waals surface area (Å²) in [7, 11) is -2.92. The van der Waals surface area contributed by atoms with Crippen molar-refractivity contribution in [1.82, 2.24) is 0 Å². The van der Waals surface area contributed by atoms with Gasteiger partial charge in [-0.05, 0) is 18.1 Å². The van der Waals surface area contributed by atoms with Crippen molar-refractivity contribution in [2.45, 2.75) is 18.9 Å². The fraction of sp³-hybridized carbons (Fsp3) is 0.412. The maximum absolute atomic E-state index is 11.7. The van der Waals surface area contributed by atoms with Gasteiger partial charge >= 0.3 is 19.8 Å². The summed E-state index contributed by atoms with van der Waals surface area (Å²) in [5.41, 5.74) is 6.01. The number of methoxy groups -OCH3 is 1. The molecule has 0 aliphatic heterocycles. The molecule has 0 bridgehead atoms. The molecule has 0 amide bonds. The van der Waals surface area contributed by atoms with Gasteiger partial charge in [-0.15, -0.1) is 0 Å². The number of para-hydroxylation sites is 1. The number of rotatable bonds is 11. The second kappa shape index (κ2) is 12.1. The summed E-state index contributed by atoms with van der Waals surface area (Å²) in [4.78, 5) is 31.5. The van der Waals surface area contributed by atoms with Gasteiger partial charge in [0.05, 0.1) is 13.7 Å². The molecule has 1 aromatic carbocycles. The number of hydrogen-bond acceptors (Lipinski definition) is 8. The van der Waals surface area contributed by atoms with Crippen molar-refractivity contribution in [1.29, 1.82) is 0 Å². The van der Waals surface area contributed by atoms with Gasteiger partial charge in [0, 0.05) is 6.42 Å². The van der Waals surface area contributed by atoms with Gasteiger partial charge in [-0.2, -0.15) is 0 Å². The first-order valence-electron chi connectivity index (χ1n) is 8.08. The number of ether oxygens (including phenoxy) is 2. The lowest BCUT2D eigenvalue weighted by molar-refractivity contribution is -0.142. The fourth-order valence-electron chi connectivity index (χ4n) is 1.83. The average Bonchev–Trinajstić information content (AvgIpc) is 2.67. The van der Waals surface area contributed by atoms with Crippen LogP contribution in [-0.2, 0) is 34.4 Å². The van der Waals surface area contributed by atoms with Gasteiger partial charge in [0.1, 0.15) is 18.4 Å². The third-order valence-electron chi connectivity index (χ3n) is 3.26. The molecule has 1 unspecified atom stereocenters. The molecule has 154 valence electrons. The molecule has 0 radical (unpaired) electrons. The molecule has 2 atom stereocenters. The molecule has 0 aliphatic rings. The first kappa shape index (κ1) is 23.6. The standard InChI is InChI=1S/C17H22NO9P/c1-24-15-7-3-2-6-13(15)8-9-16(19)25-10-4-5-11-26-28(22,23)27-12-14(18)17(20)21/h2-3,6-7,14H,8-12,18H2,1H3,(H,20,21)(H,22,23)/t14-/m0/s1. The minimum absolute atomic E-state index is 0.141. The smallest absolute Gasteiger partial charge is 0.473 e. The minimum atomic E-state index is -4.47. The Balaban J connectivity index is 2.25. The fourth-order valence-corrected chi connectivity index (χ4v) is 2.49. The quantitative estimate of drug-likeness (QED) is 0.267. The first-order chi connectivity index (χ1) is 13.2. The molecule has 0 heterocycles. The number of carboxylic acids is 1. The zero-order valence-corrected chi connectivity index (χ0v) is 16.1. The van der Waals surface area contributed by atoms with Crippen LogP contribution in [0.1, 0.15) is 12.0 Å². The summed E-state index contributed by atoms with van der Waals surface area (Å²) in [6, 6.07) is 5.86. The average molecular weight is 415 g/mol. The topological polar surface area (TPSA) is 155 Å². The highest BCUT2D eigenvalue weighted by atomic mass is 31.2. The Morgan fingerprint density at radius 3 is 2.57 bits per heavy atom. The largest absolute Gasteiger partial charge is 0.496 e. The van der Waals surface area contributed by atoms with E-state index >= 15 is 0 Å². The second-order valence-electron chi connectivity index (χ2n) is 5.31. The van der Waals surface area contributed by atoms with Gasteiger partial charge < -0.3 is 25.2 Å². The van der Waals surface area contributed by atoms with Gasteiger partial charge in [-0.1, -0.05) is 30.0 Å². The van der Waals surface area contributed by atoms with Crippen LogP contribution in [0.5, 0.6) is 5.75 Å². The summed E-state index contributed by atoms with van der Waals surface area (Å²) < 4.78 is 30.5. The van der Waals surface area contributed by atoms with Crippen LogP contribution in [0.3, 0.4) is 0 Å². The number of carbonyl (C=O) groups excluding carboxylic acids is 1. The van der Waals surface area contributed by atoms with Gasteiger partial charge in [0.2, 0.25) is 0 Å². The third-order valence-corrected chi connectivity index (χ3v) is 4.19. The number of carbonyl (C=O) groups is 2. The van der Waals surface area contributed by atoms with E-state index in [9.17, 15) is 19.0 Å². The summed E-state index contributed by atoms with van der Waals surface area (Å²) >= 11 is 0. The molecule has 0 spiro atoms. The van der Waals surface area contributed by atoms with E-state index in [4.69, 9.17) is 20.3 Å². The Bertz CT molecular complexity index is 771. The third kappa shape index (κ3) is 9.50. The molecular formula is C17H22NO9P. The number of nitrogens with two attached hydrogens (primary N) is 1. The highest BCUT2D eigenvalue weighted by molar-refractivity contribution is 7.47. The van der Waals surface area contributed by atoms with Crippen LogP contribution in [0.15, 0.2) is 24.3 Å². The molecule has 10 nitrogen and oxygen atoms in total. The van der Waals surface area contributed by atoms with Crippen LogP contribution in [0.2, 0.25) is 0 Å². The van der Waals surface area contributed by atoms with Crippen LogP contribution < -0.4 is 10.5 Å². The molecular weight excluding hydrogens is 393 g/mol. The molecule has 28 heavy (non-hydrogen) atoms. The number of carboxylic acid groups (broad SMARTS) is 1. The van der Waals surface area contributed by atoms with Crippen molar-refractivity contribution in [3.05, 3.63) is 29.8 Å². The number of phosphoric ester groups is 1. The zero-order chi connectivity index (χ0) is 21.0. The normalized spacial score (nSPS) is 13.5. The molecule has 0 aromatic heterocycles. The van der Waals surface area contributed by atoms with E-state index in [1.165, 1.54) is 0 Å². The van der Waals surface area contributed by atoms with Gasteiger partial charge in [-0.25, -0.2) is 4.57 Å². The molecule has 1 rings (SSSR count). The maximum Gasteiger partial charge on any atom is 0.473 e. The second-order valence-corrected chi connectivity index (χ2v) is 6.76. The number of aryl methyl sites for hydroxylation is 1. The van der Waals surface area contributed by atoms with E-state index in [1.807, 2.05) is 18.2 Å². The Morgan fingerprint density at radius 2 is 1.89 bits per heavy atom. The Kier molecular flexibility index (Phi) is 10.2. The maximum atomic E-state index is 11.7. The number of phosphoric acid groups is 1. The van der Waals surface area contributed by atoms with Crippen molar-refractivity contribution in [3.8, 4) is 17.6 Å². The molecule has 0 fully saturated rings. The Hall–Kier alpha value is -2.41. The van der Waals surface area contributed by atoms with Gasteiger partial charge in [0.25, 0.3) is 0 Å². The number of esters is 1. The zero-order valence-electron chi connectivity index (χ0n) is 15.2. The predicted molar refractivity (Wildman–Crippen MR) is 97.4 cm³/mol. The number of hydrogen-bond donors (Lipinski definition) is 3. The molecule has 4 N–H and O–H groups in total. The highest BCUT2D eigenvalue weighted by Gasteiger charge is 2.23. The van der Waals surface area contributed by atoms with Crippen LogP contribution in [0, 0.1) is 11.8 Å². The van der Waals surface area contributed by atoms with E-state index < -0.39 is 39.0 Å². The van der Waals surface area contributed by atoms with Gasteiger partial charge in [0.15, 0.2) is 6.61 Å². The van der Waals surface area contributed by atoms with Crippen LogP contribution >= 0.6 is 7.82 Å². The molecule has 1 aromatic rings. The van der Waals surface area contributed by atoms with Gasteiger partial charge in [-0.3, -0.25) is 18.6 Å². The van der Waals surface area contributed by atoms with Crippen molar-refractivity contribution >= 4 is 19.8 Å².